The molecule has 1 aromatic heterocycles. The quantitative estimate of drug-likeness (QED) is 0.846. The zero-order valence-corrected chi connectivity index (χ0v) is 14.6. The number of urea groups is 1. The lowest BCUT2D eigenvalue weighted by atomic mass is 10.1. The normalized spacial score (nSPS) is 16.9. The molecule has 6 heteroatoms. The van der Waals surface area contributed by atoms with E-state index in [4.69, 9.17) is 4.74 Å². The molecule has 1 aliphatic heterocycles. The summed E-state index contributed by atoms with van der Waals surface area (Å²) < 4.78 is 5.29. The van der Waals surface area contributed by atoms with Gasteiger partial charge in [0.2, 0.25) is 0 Å². The van der Waals surface area contributed by atoms with Crippen LogP contribution in [0.25, 0.3) is 0 Å². The van der Waals surface area contributed by atoms with E-state index in [1.54, 1.807) is 18.4 Å². The highest BCUT2D eigenvalue weighted by molar-refractivity contribution is 7.07. The van der Waals surface area contributed by atoms with E-state index in [2.05, 4.69) is 27.7 Å². The van der Waals surface area contributed by atoms with Crippen molar-refractivity contribution in [3.05, 3.63) is 46.7 Å². The molecular formula is C18H23N3O2S. The zero-order valence-electron chi connectivity index (χ0n) is 13.8. The van der Waals surface area contributed by atoms with Crippen LogP contribution in [0.4, 0.5) is 10.5 Å². The summed E-state index contributed by atoms with van der Waals surface area (Å²) in [6.07, 6.45) is 1.09. The summed E-state index contributed by atoms with van der Waals surface area (Å²) in [5.41, 5.74) is 2.32. The number of rotatable bonds is 6. The van der Waals surface area contributed by atoms with Gasteiger partial charge in [0.15, 0.2) is 0 Å². The van der Waals surface area contributed by atoms with Crippen LogP contribution in [0.5, 0.6) is 5.75 Å². The Morgan fingerprint density at radius 3 is 3.08 bits per heavy atom. The van der Waals surface area contributed by atoms with E-state index < -0.39 is 0 Å². The molecule has 0 saturated carbocycles. The molecule has 1 fully saturated rings. The minimum absolute atomic E-state index is 0.0963. The third-order valence-corrected chi connectivity index (χ3v) is 5.02. The maximum absolute atomic E-state index is 11.9. The van der Waals surface area contributed by atoms with Crippen molar-refractivity contribution in [2.24, 2.45) is 5.92 Å². The van der Waals surface area contributed by atoms with Gasteiger partial charge in [-0.1, -0.05) is 6.07 Å². The fourth-order valence-electron chi connectivity index (χ4n) is 2.92. The predicted octanol–water partition coefficient (Wildman–Crippen LogP) is 3.08. The standard InChI is InChI=1S/C18H23N3O2S/c1-23-17-4-2-3-16(9-17)21-7-5-14(12-21)10-19-18(22)20-11-15-6-8-24-13-15/h2-4,6,8-9,13-14H,5,7,10-12H2,1H3,(H2,19,20,22)/t14-/m1/s1. The van der Waals surface area contributed by atoms with Crippen LogP contribution in [-0.2, 0) is 6.54 Å². The Hall–Kier alpha value is -2.21. The number of hydrogen-bond acceptors (Lipinski definition) is 4. The van der Waals surface area contributed by atoms with Crippen LogP contribution in [0.3, 0.4) is 0 Å². The Balaban J connectivity index is 1.41. The third-order valence-electron chi connectivity index (χ3n) is 4.29. The van der Waals surface area contributed by atoms with Crippen LogP contribution in [-0.4, -0.2) is 32.8 Å². The molecule has 2 amide bonds. The fourth-order valence-corrected chi connectivity index (χ4v) is 3.58. The Morgan fingerprint density at radius 1 is 1.38 bits per heavy atom. The topological polar surface area (TPSA) is 53.6 Å². The number of nitrogens with one attached hydrogen (secondary N) is 2. The molecule has 0 radical (unpaired) electrons. The van der Waals surface area contributed by atoms with E-state index in [0.29, 0.717) is 19.0 Å². The van der Waals surface area contributed by atoms with Gasteiger partial charge in [0.1, 0.15) is 5.75 Å². The van der Waals surface area contributed by atoms with E-state index in [9.17, 15) is 4.79 Å². The molecule has 1 aliphatic rings. The van der Waals surface area contributed by atoms with Gasteiger partial charge in [-0.05, 0) is 46.9 Å². The lowest BCUT2D eigenvalue weighted by molar-refractivity contribution is 0.239. The lowest BCUT2D eigenvalue weighted by Gasteiger charge is -2.19. The summed E-state index contributed by atoms with van der Waals surface area (Å²) in [6, 6.07) is 10.1. The zero-order chi connectivity index (χ0) is 16.8. The molecular weight excluding hydrogens is 322 g/mol. The minimum Gasteiger partial charge on any atom is -0.497 e. The fraction of sp³-hybridized carbons (Fsp3) is 0.389. The van der Waals surface area contributed by atoms with Crippen molar-refractivity contribution in [3.63, 3.8) is 0 Å². The van der Waals surface area contributed by atoms with Gasteiger partial charge in [0, 0.05) is 37.9 Å². The maximum Gasteiger partial charge on any atom is 0.315 e. The van der Waals surface area contributed by atoms with E-state index in [0.717, 1.165) is 30.8 Å². The van der Waals surface area contributed by atoms with Crippen LogP contribution in [0, 0.1) is 5.92 Å². The minimum atomic E-state index is -0.0963. The highest BCUT2D eigenvalue weighted by Gasteiger charge is 2.23. The summed E-state index contributed by atoms with van der Waals surface area (Å²) >= 11 is 1.64. The van der Waals surface area contributed by atoms with Crippen LogP contribution in [0.2, 0.25) is 0 Å². The molecule has 128 valence electrons. The Labute approximate surface area is 146 Å². The number of carbonyl (C=O) groups is 1. The molecule has 0 unspecified atom stereocenters. The highest BCUT2D eigenvalue weighted by atomic mass is 32.1. The Bertz CT molecular complexity index is 660. The molecule has 24 heavy (non-hydrogen) atoms. The smallest absolute Gasteiger partial charge is 0.315 e. The van der Waals surface area contributed by atoms with Gasteiger partial charge < -0.3 is 20.3 Å². The molecule has 2 N–H and O–H groups in total. The Kier molecular flexibility index (Phi) is 5.59. The average molecular weight is 345 g/mol. The predicted molar refractivity (Wildman–Crippen MR) is 97.9 cm³/mol. The molecule has 2 heterocycles. The number of anilines is 1. The van der Waals surface area contributed by atoms with E-state index in [1.807, 2.05) is 29.0 Å². The van der Waals surface area contributed by atoms with E-state index >= 15 is 0 Å². The first-order valence-corrected chi connectivity index (χ1v) is 9.10. The van der Waals surface area contributed by atoms with Gasteiger partial charge in [-0.2, -0.15) is 11.3 Å². The first-order chi connectivity index (χ1) is 11.7. The average Bonchev–Trinajstić information content (AvgIpc) is 3.30. The van der Waals surface area contributed by atoms with Gasteiger partial charge >= 0.3 is 6.03 Å². The summed E-state index contributed by atoms with van der Waals surface area (Å²) in [6.45, 7) is 3.25. The molecule has 1 saturated heterocycles. The number of ether oxygens (including phenoxy) is 1. The summed E-state index contributed by atoms with van der Waals surface area (Å²) in [4.78, 5) is 14.2. The largest absolute Gasteiger partial charge is 0.497 e. The van der Waals surface area contributed by atoms with Crippen molar-refractivity contribution < 1.29 is 9.53 Å². The number of nitrogens with zero attached hydrogens (tertiary/aromatic N) is 1. The van der Waals surface area contributed by atoms with Crippen molar-refractivity contribution in [1.29, 1.82) is 0 Å². The molecule has 2 aromatic rings. The molecule has 0 bridgehead atoms. The van der Waals surface area contributed by atoms with Gasteiger partial charge in [-0.3, -0.25) is 0 Å². The monoisotopic (exact) mass is 345 g/mol. The molecule has 5 nitrogen and oxygen atoms in total. The maximum atomic E-state index is 11.9. The molecule has 1 atom stereocenters. The van der Waals surface area contributed by atoms with Crippen molar-refractivity contribution >= 4 is 23.1 Å². The van der Waals surface area contributed by atoms with Crippen molar-refractivity contribution in [3.8, 4) is 5.75 Å². The van der Waals surface area contributed by atoms with Crippen LogP contribution >= 0.6 is 11.3 Å². The van der Waals surface area contributed by atoms with Gasteiger partial charge in [-0.15, -0.1) is 0 Å². The SMILES string of the molecule is COc1cccc(N2CC[C@H](CNC(=O)NCc3ccsc3)C2)c1. The van der Waals surface area contributed by atoms with Crippen molar-refractivity contribution in [2.75, 3.05) is 31.6 Å². The summed E-state index contributed by atoms with van der Waals surface area (Å²) in [7, 11) is 1.69. The highest BCUT2D eigenvalue weighted by Crippen LogP contribution is 2.26. The Morgan fingerprint density at radius 2 is 2.29 bits per heavy atom. The second-order valence-electron chi connectivity index (χ2n) is 6.00. The summed E-state index contributed by atoms with van der Waals surface area (Å²) in [5, 5.41) is 9.94. The van der Waals surface area contributed by atoms with Crippen LogP contribution in [0.1, 0.15) is 12.0 Å². The van der Waals surface area contributed by atoms with Crippen LogP contribution in [0.15, 0.2) is 41.1 Å². The second kappa shape index (κ2) is 8.06. The number of benzene rings is 1. The number of amides is 2. The van der Waals surface area contributed by atoms with Crippen molar-refractivity contribution in [1.82, 2.24) is 10.6 Å². The van der Waals surface area contributed by atoms with Gasteiger partial charge in [0.25, 0.3) is 0 Å². The van der Waals surface area contributed by atoms with Crippen LogP contribution < -0.4 is 20.3 Å². The second-order valence-corrected chi connectivity index (χ2v) is 6.78. The molecule has 0 aliphatic carbocycles. The first-order valence-electron chi connectivity index (χ1n) is 8.16. The summed E-state index contributed by atoms with van der Waals surface area (Å²) in [5.74, 6) is 1.35. The van der Waals surface area contributed by atoms with E-state index in [-0.39, 0.29) is 6.03 Å². The van der Waals surface area contributed by atoms with Crippen molar-refractivity contribution in [2.45, 2.75) is 13.0 Å². The third kappa shape index (κ3) is 4.41. The lowest BCUT2D eigenvalue weighted by Crippen LogP contribution is -2.38. The number of hydrogen-bond donors (Lipinski definition) is 2. The van der Waals surface area contributed by atoms with Gasteiger partial charge in [0.05, 0.1) is 7.11 Å². The number of methoxy groups -OCH3 is 1. The first kappa shape index (κ1) is 16.6. The van der Waals surface area contributed by atoms with Gasteiger partial charge in [-0.25, -0.2) is 4.79 Å². The van der Waals surface area contributed by atoms with E-state index in [1.165, 1.54) is 5.69 Å². The molecule has 1 aromatic carbocycles. The number of thiophene rings is 1. The molecule has 0 spiro atoms. The molecule has 3 rings (SSSR count). The number of carbonyl (C=O) groups excluding carboxylic acids is 1.